The third-order valence-electron chi connectivity index (χ3n) is 11.2. The van der Waals surface area contributed by atoms with Gasteiger partial charge >= 0.3 is 0 Å². The zero-order chi connectivity index (χ0) is 37.5. The van der Waals surface area contributed by atoms with Crippen LogP contribution in [-0.2, 0) is 0 Å². The highest BCUT2D eigenvalue weighted by Gasteiger charge is 2.26. The average molecular weight is 730 g/mol. The van der Waals surface area contributed by atoms with E-state index in [2.05, 4.69) is 149 Å². The van der Waals surface area contributed by atoms with Crippen LogP contribution in [0.2, 0.25) is 0 Å². The molecule has 0 amide bonds. The second-order valence-electron chi connectivity index (χ2n) is 14.4. The maximum Gasteiger partial charge on any atom is 0.238 e. The number of para-hydroxylation sites is 4. The Labute approximate surface area is 326 Å². The van der Waals surface area contributed by atoms with Gasteiger partial charge in [0.05, 0.1) is 22.1 Å². The van der Waals surface area contributed by atoms with Gasteiger partial charge in [-0.2, -0.15) is 9.97 Å². The van der Waals surface area contributed by atoms with Crippen LogP contribution >= 0.6 is 0 Å². The van der Waals surface area contributed by atoms with Crippen LogP contribution in [0.3, 0.4) is 0 Å². The fourth-order valence-electron chi connectivity index (χ4n) is 8.69. The molecular formula is C51H31N5O. The Morgan fingerprint density at radius 2 is 0.930 bits per heavy atom. The predicted octanol–water partition coefficient (Wildman–Crippen LogP) is 13.0. The van der Waals surface area contributed by atoms with Crippen LogP contribution in [0.4, 0.5) is 0 Å². The van der Waals surface area contributed by atoms with Gasteiger partial charge in [-0.1, -0.05) is 133 Å². The molecule has 4 aromatic heterocycles. The van der Waals surface area contributed by atoms with E-state index in [9.17, 15) is 0 Å². The molecule has 0 atom stereocenters. The Kier molecular flexibility index (Phi) is 6.83. The summed E-state index contributed by atoms with van der Waals surface area (Å²) in [6, 6.07) is 65.6. The fraction of sp³-hybridized carbons (Fsp3) is 0. The molecule has 0 spiro atoms. The topological polar surface area (TPSA) is 61.7 Å². The van der Waals surface area contributed by atoms with Crippen LogP contribution in [0.15, 0.2) is 192 Å². The number of benzene rings is 8. The van der Waals surface area contributed by atoms with Gasteiger partial charge in [-0.15, -0.1) is 0 Å². The quantitative estimate of drug-likeness (QED) is 0.177. The Hall–Kier alpha value is -7.83. The van der Waals surface area contributed by atoms with Crippen LogP contribution in [0, 0.1) is 0 Å². The summed E-state index contributed by atoms with van der Waals surface area (Å²) in [7, 11) is 0. The molecule has 8 aromatic carbocycles. The number of furan rings is 1. The smallest absolute Gasteiger partial charge is 0.238 e. The number of aromatic nitrogens is 5. The van der Waals surface area contributed by atoms with Crippen molar-refractivity contribution in [3.8, 4) is 45.5 Å². The van der Waals surface area contributed by atoms with E-state index < -0.39 is 0 Å². The summed E-state index contributed by atoms with van der Waals surface area (Å²) >= 11 is 0. The van der Waals surface area contributed by atoms with Gasteiger partial charge in [0.25, 0.3) is 0 Å². The van der Waals surface area contributed by atoms with Crippen molar-refractivity contribution in [3.63, 3.8) is 0 Å². The number of hydrogen-bond acceptors (Lipinski definition) is 4. The molecular weight excluding hydrogens is 699 g/mol. The second-order valence-corrected chi connectivity index (χ2v) is 14.4. The molecule has 266 valence electrons. The monoisotopic (exact) mass is 729 g/mol. The number of fused-ring (bicyclic) bond motifs is 10. The predicted molar refractivity (Wildman–Crippen MR) is 232 cm³/mol. The van der Waals surface area contributed by atoms with Crippen molar-refractivity contribution in [3.05, 3.63) is 188 Å². The first-order chi connectivity index (χ1) is 28.3. The van der Waals surface area contributed by atoms with Crippen molar-refractivity contribution in [1.82, 2.24) is 24.1 Å². The molecule has 0 radical (unpaired) electrons. The van der Waals surface area contributed by atoms with E-state index in [1.54, 1.807) is 0 Å². The van der Waals surface area contributed by atoms with E-state index in [0.717, 1.165) is 93.5 Å². The summed E-state index contributed by atoms with van der Waals surface area (Å²) in [4.78, 5) is 15.9. The van der Waals surface area contributed by atoms with E-state index >= 15 is 0 Å². The number of rotatable bonds is 5. The third-order valence-corrected chi connectivity index (χ3v) is 11.2. The van der Waals surface area contributed by atoms with Crippen molar-refractivity contribution in [1.29, 1.82) is 0 Å². The van der Waals surface area contributed by atoms with Gasteiger partial charge in [-0.25, -0.2) is 4.98 Å². The summed E-state index contributed by atoms with van der Waals surface area (Å²) in [6.07, 6.45) is 0. The SMILES string of the molecule is c1ccc(-c2nc(-c3ccc4oc5ccccc5c4c3)nc(-n3c4ccccc4c4c(-c5ccccc5)cc5c(c6ccccc6n5-c5ccccc5)c43)n2)cc1. The van der Waals surface area contributed by atoms with E-state index in [-0.39, 0.29) is 0 Å². The van der Waals surface area contributed by atoms with Gasteiger partial charge in [0.15, 0.2) is 11.6 Å². The minimum Gasteiger partial charge on any atom is -0.456 e. The van der Waals surface area contributed by atoms with Crippen molar-refractivity contribution in [2.45, 2.75) is 0 Å². The molecule has 57 heavy (non-hydrogen) atoms. The summed E-state index contributed by atoms with van der Waals surface area (Å²) in [5.41, 5.74) is 11.1. The van der Waals surface area contributed by atoms with Crippen molar-refractivity contribution in [2.24, 2.45) is 0 Å². The lowest BCUT2D eigenvalue weighted by Gasteiger charge is -2.13. The minimum atomic E-state index is 0.547. The molecule has 12 rings (SSSR count). The molecule has 0 aliphatic rings. The van der Waals surface area contributed by atoms with E-state index in [0.29, 0.717) is 17.6 Å². The van der Waals surface area contributed by atoms with Crippen LogP contribution in [0.1, 0.15) is 0 Å². The molecule has 6 nitrogen and oxygen atoms in total. The van der Waals surface area contributed by atoms with Crippen LogP contribution < -0.4 is 0 Å². The summed E-state index contributed by atoms with van der Waals surface area (Å²) in [6.45, 7) is 0. The molecule has 0 aliphatic heterocycles. The summed E-state index contributed by atoms with van der Waals surface area (Å²) in [5.74, 6) is 1.73. The first kappa shape index (κ1) is 31.5. The molecule has 0 aliphatic carbocycles. The third kappa shape index (κ3) is 4.81. The number of nitrogens with zero attached hydrogens (tertiary/aromatic N) is 5. The second kappa shape index (κ2) is 12.3. The largest absolute Gasteiger partial charge is 0.456 e. The lowest BCUT2D eigenvalue weighted by atomic mass is 9.97. The van der Waals surface area contributed by atoms with Crippen molar-refractivity contribution in [2.75, 3.05) is 0 Å². The first-order valence-corrected chi connectivity index (χ1v) is 19.1. The summed E-state index contributed by atoms with van der Waals surface area (Å²) in [5, 5.41) is 6.63. The van der Waals surface area contributed by atoms with Gasteiger partial charge in [0.1, 0.15) is 11.2 Å². The van der Waals surface area contributed by atoms with Crippen LogP contribution in [0.25, 0.3) is 111 Å². The lowest BCUT2D eigenvalue weighted by molar-refractivity contribution is 0.669. The standard InChI is InChI=1S/C51H31N5O/c1-4-16-32(17-5-1)39-31-43-47(38-24-11-13-25-41(38)55(43)35-20-8-3-9-21-35)48-46(39)37-23-10-14-26-42(37)56(48)51-53-49(33-18-6-2-7-19-33)52-50(54-51)34-28-29-45-40(30-34)36-22-12-15-27-44(36)57-45/h1-31H. The zero-order valence-corrected chi connectivity index (χ0v) is 30.5. The highest BCUT2D eigenvalue weighted by atomic mass is 16.3. The maximum atomic E-state index is 6.21. The van der Waals surface area contributed by atoms with Crippen LogP contribution in [-0.4, -0.2) is 24.1 Å². The first-order valence-electron chi connectivity index (χ1n) is 19.1. The normalized spacial score (nSPS) is 11.9. The maximum absolute atomic E-state index is 6.21. The van der Waals surface area contributed by atoms with Gasteiger partial charge in [-0.05, 0) is 65.7 Å². The average Bonchev–Trinajstić information content (AvgIpc) is 3.94. The molecule has 0 bridgehead atoms. The number of hydrogen-bond donors (Lipinski definition) is 0. The fourth-order valence-corrected chi connectivity index (χ4v) is 8.69. The van der Waals surface area contributed by atoms with Gasteiger partial charge in [-0.3, -0.25) is 4.57 Å². The molecule has 0 saturated heterocycles. The van der Waals surface area contributed by atoms with Crippen LogP contribution in [0.5, 0.6) is 0 Å². The molecule has 6 heteroatoms. The van der Waals surface area contributed by atoms with Gasteiger partial charge in [0.2, 0.25) is 5.95 Å². The zero-order valence-electron chi connectivity index (χ0n) is 30.5. The molecule has 0 fully saturated rings. The van der Waals surface area contributed by atoms with Gasteiger partial charge in [0, 0.05) is 49.1 Å². The van der Waals surface area contributed by atoms with E-state index in [4.69, 9.17) is 19.4 Å². The molecule has 12 aromatic rings. The van der Waals surface area contributed by atoms with E-state index in [1.807, 2.05) is 48.5 Å². The lowest BCUT2D eigenvalue weighted by Crippen LogP contribution is -2.06. The molecule has 0 saturated carbocycles. The molecule has 4 heterocycles. The highest BCUT2D eigenvalue weighted by Crippen LogP contribution is 2.46. The van der Waals surface area contributed by atoms with E-state index in [1.165, 1.54) is 0 Å². The van der Waals surface area contributed by atoms with Gasteiger partial charge < -0.3 is 8.98 Å². The Morgan fingerprint density at radius 3 is 1.67 bits per heavy atom. The minimum absolute atomic E-state index is 0.547. The Balaban J connectivity index is 1.25. The van der Waals surface area contributed by atoms with Crippen molar-refractivity contribution >= 4 is 65.6 Å². The summed E-state index contributed by atoms with van der Waals surface area (Å²) < 4.78 is 10.9. The highest BCUT2D eigenvalue weighted by molar-refractivity contribution is 6.29. The molecule has 0 unspecified atom stereocenters. The molecule has 0 N–H and O–H groups in total. The Bertz CT molecular complexity index is 3510. The van der Waals surface area contributed by atoms with Crippen molar-refractivity contribution < 1.29 is 4.42 Å². The Morgan fingerprint density at radius 1 is 0.368 bits per heavy atom.